The Labute approximate surface area is 108 Å². The normalized spacial score (nSPS) is 19.6. The Balaban J connectivity index is 1.94. The van der Waals surface area contributed by atoms with E-state index in [1.54, 1.807) is 4.90 Å². The quantitative estimate of drug-likeness (QED) is 0.716. The van der Waals surface area contributed by atoms with Crippen molar-refractivity contribution in [1.82, 2.24) is 14.5 Å². The molecule has 8 heteroatoms. The summed E-state index contributed by atoms with van der Waals surface area (Å²) in [6.45, 7) is 1.31. The SMILES string of the molecule is COC(=O)CC1CN(C(=O)c2cnns2)CCO1. The van der Waals surface area contributed by atoms with Gasteiger partial charge in [0.05, 0.1) is 32.4 Å². The lowest BCUT2D eigenvalue weighted by molar-refractivity contribution is -0.145. The Morgan fingerprint density at radius 3 is 3.17 bits per heavy atom. The predicted molar refractivity (Wildman–Crippen MR) is 62.2 cm³/mol. The van der Waals surface area contributed by atoms with Crippen molar-refractivity contribution in [1.29, 1.82) is 0 Å². The lowest BCUT2D eigenvalue weighted by atomic mass is 10.2. The Kier molecular flexibility index (Phi) is 4.21. The number of hydrogen-bond acceptors (Lipinski definition) is 7. The molecular formula is C10H13N3O4S. The second-order valence-corrected chi connectivity index (χ2v) is 4.59. The van der Waals surface area contributed by atoms with Crippen LogP contribution in [0.1, 0.15) is 16.1 Å². The van der Waals surface area contributed by atoms with Crippen LogP contribution in [-0.4, -0.2) is 59.3 Å². The van der Waals surface area contributed by atoms with Gasteiger partial charge < -0.3 is 14.4 Å². The first-order chi connectivity index (χ1) is 8.70. The molecule has 1 aromatic heterocycles. The number of morpholine rings is 1. The van der Waals surface area contributed by atoms with Crippen molar-refractivity contribution in [2.75, 3.05) is 26.8 Å². The predicted octanol–water partition coefficient (Wildman–Crippen LogP) is -0.0578. The number of aromatic nitrogens is 2. The summed E-state index contributed by atoms with van der Waals surface area (Å²) in [5, 5.41) is 3.63. The number of ether oxygens (including phenoxy) is 2. The topological polar surface area (TPSA) is 81.6 Å². The van der Waals surface area contributed by atoms with Gasteiger partial charge in [0.25, 0.3) is 5.91 Å². The third-order valence-electron chi connectivity index (χ3n) is 2.62. The number of esters is 1. The maximum atomic E-state index is 12.0. The van der Waals surface area contributed by atoms with Crippen LogP contribution in [0.3, 0.4) is 0 Å². The van der Waals surface area contributed by atoms with Crippen molar-refractivity contribution in [3.63, 3.8) is 0 Å². The minimum Gasteiger partial charge on any atom is -0.469 e. The maximum Gasteiger partial charge on any atom is 0.308 e. The van der Waals surface area contributed by atoms with E-state index in [9.17, 15) is 9.59 Å². The van der Waals surface area contributed by atoms with Gasteiger partial charge in [-0.25, -0.2) is 0 Å². The van der Waals surface area contributed by atoms with E-state index in [0.29, 0.717) is 24.6 Å². The average Bonchev–Trinajstić information content (AvgIpc) is 2.92. The van der Waals surface area contributed by atoms with Crippen LogP contribution in [0.25, 0.3) is 0 Å². The minimum atomic E-state index is -0.339. The number of methoxy groups -OCH3 is 1. The lowest BCUT2D eigenvalue weighted by Gasteiger charge is -2.32. The van der Waals surface area contributed by atoms with Gasteiger partial charge in [-0.05, 0) is 11.5 Å². The number of hydrogen-bond donors (Lipinski definition) is 0. The van der Waals surface area contributed by atoms with Gasteiger partial charge in [-0.1, -0.05) is 4.49 Å². The molecule has 98 valence electrons. The van der Waals surface area contributed by atoms with Gasteiger partial charge in [0, 0.05) is 13.1 Å². The molecule has 0 spiro atoms. The average molecular weight is 271 g/mol. The summed E-state index contributed by atoms with van der Waals surface area (Å²) in [5.74, 6) is -0.461. The first-order valence-corrected chi connectivity index (χ1v) is 6.23. The standard InChI is InChI=1S/C10H13N3O4S/c1-16-9(14)4-7-6-13(2-3-17-7)10(15)8-5-11-12-18-8/h5,7H,2-4,6H2,1H3. The zero-order chi connectivity index (χ0) is 13.0. The van der Waals surface area contributed by atoms with E-state index < -0.39 is 0 Å². The van der Waals surface area contributed by atoms with Crippen LogP contribution in [0.15, 0.2) is 6.20 Å². The summed E-state index contributed by atoms with van der Waals surface area (Å²) >= 11 is 1.06. The summed E-state index contributed by atoms with van der Waals surface area (Å²) in [7, 11) is 1.33. The summed E-state index contributed by atoms with van der Waals surface area (Å²) in [6, 6.07) is 0. The second kappa shape index (κ2) is 5.87. The van der Waals surface area contributed by atoms with Crippen LogP contribution in [0, 0.1) is 0 Å². The maximum absolute atomic E-state index is 12.0. The van der Waals surface area contributed by atoms with Gasteiger partial charge >= 0.3 is 5.97 Å². The minimum absolute atomic E-state index is 0.122. The molecule has 1 aliphatic heterocycles. The first-order valence-electron chi connectivity index (χ1n) is 5.45. The first kappa shape index (κ1) is 12.9. The third-order valence-corrected chi connectivity index (χ3v) is 3.27. The molecule has 0 bridgehead atoms. The van der Waals surface area contributed by atoms with Gasteiger partial charge in [0.2, 0.25) is 0 Å². The molecule has 0 aromatic carbocycles. The van der Waals surface area contributed by atoms with E-state index in [1.807, 2.05) is 0 Å². The molecular weight excluding hydrogens is 258 g/mol. The second-order valence-electron chi connectivity index (χ2n) is 3.81. The van der Waals surface area contributed by atoms with Gasteiger partial charge in [-0.2, -0.15) is 0 Å². The molecule has 1 aromatic rings. The van der Waals surface area contributed by atoms with Crippen molar-refractivity contribution in [2.24, 2.45) is 0 Å². The Morgan fingerprint density at radius 2 is 2.50 bits per heavy atom. The van der Waals surface area contributed by atoms with Crippen LogP contribution >= 0.6 is 11.5 Å². The highest BCUT2D eigenvalue weighted by molar-refractivity contribution is 7.07. The highest BCUT2D eigenvalue weighted by Crippen LogP contribution is 2.14. The molecule has 1 fully saturated rings. The van der Waals surface area contributed by atoms with Crippen molar-refractivity contribution in [2.45, 2.75) is 12.5 Å². The highest BCUT2D eigenvalue weighted by Gasteiger charge is 2.27. The largest absolute Gasteiger partial charge is 0.469 e. The fourth-order valence-electron chi connectivity index (χ4n) is 1.71. The fourth-order valence-corrected chi connectivity index (χ4v) is 2.20. The van der Waals surface area contributed by atoms with Gasteiger partial charge in [0.1, 0.15) is 4.88 Å². The molecule has 18 heavy (non-hydrogen) atoms. The summed E-state index contributed by atoms with van der Waals surface area (Å²) < 4.78 is 13.7. The van der Waals surface area contributed by atoms with Crippen molar-refractivity contribution < 1.29 is 19.1 Å². The molecule has 1 amide bonds. The van der Waals surface area contributed by atoms with E-state index in [1.165, 1.54) is 13.3 Å². The van der Waals surface area contributed by atoms with Gasteiger partial charge in [-0.15, -0.1) is 5.10 Å². The van der Waals surface area contributed by atoms with Crippen LogP contribution in [0.2, 0.25) is 0 Å². The number of amides is 1. The Bertz CT molecular complexity index is 423. The molecule has 0 radical (unpaired) electrons. The molecule has 0 aliphatic carbocycles. The van der Waals surface area contributed by atoms with E-state index in [4.69, 9.17) is 4.74 Å². The lowest BCUT2D eigenvalue weighted by Crippen LogP contribution is -2.46. The zero-order valence-electron chi connectivity index (χ0n) is 9.87. The van der Waals surface area contributed by atoms with Crippen molar-refractivity contribution in [3.8, 4) is 0 Å². The highest BCUT2D eigenvalue weighted by atomic mass is 32.1. The van der Waals surface area contributed by atoms with Gasteiger partial charge in [-0.3, -0.25) is 9.59 Å². The fraction of sp³-hybridized carbons (Fsp3) is 0.600. The Hall–Kier alpha value is -1.54. The molecule has 0 saturated carbocycles. The van der Waals surface area contributed by atoms with Gasteiger partial charge in [0.15, 0.2) is 0 Å². The number of nitrogens with zero attached hydrogens (tertiary/aromatic N) is 3. The number of carbonyl (C=O) groups excluding carboxylic acids is 2. The number of carbonyl (C=O) groups is 2. The van der Waals surface area contributed by atoms with Crippen molar-refractivity contribution >= 4 is 23.4 Å². The number of rotatable bonds is 3. The van der Waals surface area contributed by atoms with Crippen LogP contribution < -0.4 is 0 Å². The zero-order valence-corrected chi connectivity index (χ0v) is 10.7. The molecule has 1 atom stereocenters. The van der Waals surface area contributed by atoms with E-state index in [-0.39, 0.29) is 24.4 Å². The summed E-state index contributed by atoms with van der Waals surface area (Å²) in [5.41, 5.74) is 0. The molecule has 0 N–H and O–H groups in total. The smallest absolute Gasteiger partial charge is 0.308 e. The molecule has 1 aliphatic rings. The summed E-state index contributed by atoms with van der Waals surface area (Å²) in [6.07, 6.45) is 1.29. The van der Waals surface area contributed by atoms with Crippen LogP contribution in [-0.2, 0) is 14.3 Å². The molecule has 1 saturated heterocycles. The van der Waals surface area contributed by atoms with E-state index in [0.717, 1.165) is 11.5 Å². The molecule has 1 unspecified atom stereocenters. The molecule has 7 nitrogen and oxygen atoms in total. The third kappa shape index (κ3) is 3.02. The Morgan fingerprint density at radius 1 is 1.67 bits per heavy atom. The van der Waals surface area contributed by atoms with Crippen LogP contribution in [0.4, 0.5) is 0 Å². The van der Waals surface area contributed by atoms with Crippen molar-refractivity contribution in [3.05, 3.63) is 11.1 Å². The molecule has 2 heterocycles. The molecule has 2 rings (SSSR count). The summed E-state index contributed by atoms with van der Waals surface area (Å²) in [4.78, 5) is 25.3. The monoisotopic (exact) mass is 271 g/mol. The van der Waals surface area contributed by atoms with Crippen LogP contribution in [0.5, 0.6) is 0 Å². The van der Waals surface area contributed by atoms with E-state index in [2.05, 4.69) is 14.3 Å². The van der Waals surface area contributed by atoms with E-state index >= 15 is 0 Å².